The molecule has 1 aromatic rings. The molecule has 3 N–H and O–H groups in total. The van der Waals surface area contributed by atoms with E-state index in [1.165, 1.54) is 0 Å². The largest absolute Gasteiger partial charge is 0.481 e. The van der Waals surface area contributed by atoms with Crippen LogP contribution in [0.5, 0.6) is 0 Å². The number of benzene rings is 1. The second-order valence-corrected chi connectivity index (χ2v) is 5.64. The Kier molecular flexibility index (Phi) is 5.77. The van der Waals surface area contributed by atoms with E-state index in [1.807, 2.05) is 30.3 Å². The highest BCUT2D eigenvalue weighted by Gasteiger charge is 2.34. The van der Waals surface area contributed by atoms with Gasteiger partial charge in [-0.3, -0.25) is 4.79 Å². The third-order valence-electron chi connectivity index (χ3n) is 3.87. The zero-order valence-corrected chi connectivity index (χ0v) is 12.5. The Balaban J connectivity index is 1.88. The number of carbonyl (C=O) groups excluding carboxylic acids is 1. The molecule has 2 rings (SSSR count). The number of alkyl carbamates (subject to hydrolysis) is 1. The molecule has 120 valence electrons. The van der Waals surface area contributed by atoms with Crippen molar-refractivity contribution in [3.05, 3.63) is 35.9 Å². The van der Waals surface area contributed by atoms with Crippen LogP contribution in [0.25, 0.3) is 0 Å². The minimum Gasteiger partial charge on any atom is -0.481 e. The van der Waals surface area contributed by atoms with E-state index in [1.54, 1.807) is 0 Å². The predicted molar refractivity (Wildman–Crippen MR) is 81.5 cm³/mol. The maximum atomic E-state index is 12.0. The molecule has 1 aromatic carbocycles. The van der Waals surface area contributed by atoms with Crippen molar-refractivity contribution in [1.29, 1.82) is 0 Å². The number of aliphatic carboxylic acids is 1. The Morgan fingerprint density at radius 2 is 2.09 bits per heavy atom. The lowest BCUT2D eigenvalue weighted by Crippen LogP contribution is -2.57. The fraction of sp³-hybridized carbons (Fsp3) is 0.500. The SMILES string of the molecule is O=C(O)CCC1(NC(=O)OCc2ccccc2)CCCNC1. The standard InChI is InChI=1S/C16H22N2O4/c19-14(20)7-9-16(8-4-10-17-12-16)18-15(21)22-11-13-5-2-1-3-6-13/h1-3,5-6,17H,4,7-12H2,(H,18,21)(H,19,20). The minimum atomic E-state index is -0.857. The van der Waals surface area contributed by atoms with Gasteiger partial charge in [0.25, 0.3) is 0 Å². The van der Waals surface area contributed by atoms with Crippen molar-refractivity contribution in [1.82, 2.24) is 10.6 Å². The molecular weight excluding hydrogens is 284 g/mol. The maximum absolute atomic E-state index is 12.0. The van der Waals surface area contributed by atoms with Crippen molar-refractivity contribution in [2.45, 2.75) is 37.8 Å². The Morgan fingerprint density at radius 1 is 1.32 bits per heavy atom. The maximum Gasteiger partial charge on any atom is 0.407 e. The summed E-state index contributed by atoms with van der Waals surface area (Å²) < 4.78 is 5.24. The highest BCUT2D eigenvalue weighted by atomic mass is 16.5. The second kappa shape index (κ2) is 7.79. The fourth-order valence-corrected chi connectivity index (χ4v) is 2.67. The molecule has 1 fully saturated rings. The summed E-state index contributed by atoms with van der Waals surface area (Å²) >= 11 is 0. The van der Waals surface area contributed by atoms with Crippen LogP contribution in [0.2, 0.25) is 0 Å². The summed E-state index contributed by atoms with van der Waals surface area (Å²) in [6, 6.07) is 9.44. The first-order valence-corrected chi connectivity index (χ1v) is 7.51. The molecule has 0 bridgehead atoms. The van der Waals surface area contributed by atoms with Crippen LogP contribution in [-0.4, -0.2) is 35.8 Å². The molecule has 0 spiro atoms. The van der Waals surface area contributed by atoms with Crippen molar-refractivity contribution < 1.29 is 19.4 Å². The summed E-state index contributed by atoms with van der Waals surface area (Å²) in [5.74, 6) is -0.857. The van der Waals surface area contributed by atoms with Crippen molar-refractivity contribution >= 4 is 12.1 Å². The lowest BCUT2D eigenvalue weighted by molar-refractivity contribution is -0.137. The van der Waals surface area contributed by atoms with Crippen LogP contribution in [0.4, 0.5) is 4.79 Å². The van der Waals surface area contributed by atoms with Crippen LogP contribution >= 0.6 is 0 Å². The summed E-state index contributed by atoms with van der Waals surface area (Å²) in [7, 11) is 0. The number of ether oxygens (including phenoxy) is 1. The Hall–Kier alpha value is -2.08. The quantitative estimate of drug-likeness (QED) is 0.747. The molecule has 0 saturated carbocycles. The van der Waals surface area contributed by atoms with Crippen molar-refractivity contribution in [3.63, 3.8) is 0 Å². The number of hydrogen-bond acceptors (Lipinski definition) is 4. The van der Waals surface area contributed by atoms with Gasteiger partial charge in [0.05, 0.1) is 5.54 Å². The summed E-state index contributed by atoms with van der Waals surface area (Å²) in [5.41, 5.74) is 0.378. The van der Waals surface area contributed by atoms with Gasteiger partial charge in [-0.25, -0.2) is 4.79 Å². The van der Waals surface area contributed by atoms with Crippen LogP contribution < -0.4 is 10.6 Å². The summed E-state index contributed by atoms with van der Waals surface area (Å²) in [5, 5.41) is 15.0. The predicted octanol–water partition coefficient (Wildman–Crippen LogP) is 1.90. The molecule has 6 nitrogen and oxygen atoms in total. The fourth-order valence-electron chi connectivity index (χ4n) is 2.67. The van der Waals surface area contributed by atoms with Crippen molar-refractivity contribution in [3.8, 4) is 0 Å². The van der Waals surface area contributed by atoms with E-state index in [-0.39, 0.29) is 13.0 Å². The van der Waals surface area contributed by atoms with Gasteiger partial charge in [-0.05, 0) is 31.4 Å². The number of rotatable bonds is 6. The van der Waals surface area contributed by atoms with E-state index in [0.717, 1.165) is 24.9 Å². The highest BCUT2D eigenvalue weighted by Crippen LogP contribution is 2.22. The molecule has 0 aliphatic carbocycles. The van der Waals surface area contributed by atoms with E-state index in [9.17, 15) is 9.59 Å². The first-order valence-electron chi connectivity index (χ1n) is 7.51. The molecule has 1 heterocycles. The van der Waals surface area contributed by atoms with Gasteiger partial charge in [-0.1, -0.05) is 30.3 Å². The number of hydrogen-bond donors (Lipinski definition) is 3. The summed E-state index contributed by atoms with van der Waals surface area (Å²) in [6.07, 6.45) is 1.58. The number of piperidine rings is 1. The minimum absolute atomic E-state index is 0.0284. The highest BCUT2D eigenvalue weighted by molar-refractivity contribution is 5.69. The van der Waals surface area contributed by atoms with Gasteiger partial charge in [-0.2, -0.15) is 0 Å². The zero-order valence-electron chi connectivity index (χ0n) is 12.5. The van der Waals surface area contributed by atoms with E-state index in [0.29, 0.717) is 13.0 Å². The first-order chi connectivity index (χ1) is 10.6. The van der Waals surface area contributed by atoms with Crippen LogP contribution in [-0.2, 0) is 16.1 Å². The zero-order chi connectivity index (χ0) is 15.8. The molecule has 1 saturated heterocycles. The van der Waals surface area contributed by atoms with Crippen LogP contribution in [0.15, 0.2) is 30.3 Å². The third kappa shape index (κ3) is 5.04. The number of carboxylic acids is 1. The lowest BCUT2D eigenvalue weighted by atomic mass is 9.85. The molecule has 1 amide bonds. The summed E-state index contributed by atoms with van der Waals surface area (Å²) in [4.78, 5) is 22.8. The monoisotopic (exact) mass is 306 g/mol. The number of amides is 1. The lowest BCUT2D eigenvalue weighted by Gasteiger charge is -2.37. The molecule has 1 aliphatic heterocycles. The van der Waals surface area contributed by atoms with Gasteiger partial charge in [-0.15, -0.1) is 0 Å². The average Bonchev–Trinajstić information content (AvgIpc) is 2.53. The van der Waals surface area contributed by atoms with Gasteiger partial charge < -0.3 is 20.5 Å². The average molecular weight is 306 g/mol. The Bertz CT molecular complexity index is 498. The summed E-state index contributed by atoms with van der Waals surface area (Å²) in [6.45, 7) is 1.66. The van der Waals surface area contributed by atoms with Gasteiger partial charge in [0, 0.05) is 13.0 Å². The molecule has 1 atom stereocenters. The molecule has 0 aromatic heterocycles. The molecule has 0 radical (unpaired) electrons. The third-order valence-corrected chi connectivity index (χ3v) is 3.87. The van der Waals surface area contributed by atoms with E-state index in [4.69, 9.17) is 9.84 Å². The topological polar surface area (TPSA) is 87.7 Å². The van der Waals surface area contributed by atoms with Gasteiger partial charge in [0.2, 0.25) is 0 Å². The van der Waals surface area contributed by atoms with Crippen LogP contribution in [0, 0.1) is 0 Å². The van der Waals surface area contributed by atoms with Crippen molar-refractivity contribution in [2.75, 3.05) is 13.1 Å². The van der Waals surface area contributed by atoms with Crippen molar-refractivity contribution in [2.24, 2.45) is 0 Å². The first kappa shape index (κ1) is 16.3. The van der Waals surface area contributed by atoms with E-state index in [2.05, 4.69) is 10.6 Å². The van der Waals surface area contributed by atoms with E-state index < -0.39 is 17.6 Å². The van der Waals surface area contributed by atoms with Crippen LogP contribution in [0.1, 0.15) is 31.2 Å². The molecule has 22 heavy (non-hydrogen) atoms. The molecule has 1 unspecified atom stereocenters. The number of carboxylic acid groups (broad SMARTS) is 1. The van der Waals surface area contributed by atoms with Gasteiger partial charge in [0.1, 0.15) is 6.61 Å². The van der Waals surface area contributed by atoms with Gasteiger partial charge >= 0.3 is 12.1 Å². The molecule has 6 heteroatoms. The normalized spacial score (nSPS) is 21.1. The molecule has 1 aliphatic rings. The second-order valence-electron chi connectivity index (χ2n) is 5.64. The Morgan fingerprint density at radius 3 is 2.73 bits per heavy atom. The number of nitrogens with one attached hydrogen (secondary N) is 2. The molecular formula is C16H22N2O4. The Labute approximate surface area is 129 Å². The van der Waals surface area contributed by atoms with Crippen LogP contribution in [0.3, 0.4) is 0 Å². The van der Waals surface area contributed by atoms with E-state index >= 15 is 0 Å². The number of carbonyl (C=O) groups is 2. The van der Waals surface area contributed by atoms with Gasteiger partial charge in [0.15, 0.2) is 0 Å². The smallest absolute Gasteiger partial charge is 0.407 e.